The highest BCUT2D eigenvalue weighted by Crippen LogP contribution is 2.43. The van der Waals surface area contributed by atoms with Gasteiger partial charge in [-0.15, -0.1) is 0 Å². The molecule has 446 valence electrons. The third-order valence-corrected chi connectivity index (χ3v) is 15.5. The van der Waals surface area contributed by atoms with Crippen LogP contribution in [0, 0.1) is 0 Å². The molecule has 0 aliphatic rings. The molecular weight excluding hydrogens is 964 g/mol. The molecule has 2 N–H and O–H groups in total. The summed E-state index contributed by atoms with van der Waals surface area (Å²) in [5.74, 6) is -0.501. The molecule has 0 spiro atoms. The van der Waals surface area contributed by atoms with E-state index >= 15 is 0 Å². The van der Waals surface area contributed by atoms with Crippen LogP contribution >= 0.6 is 7.82 Å². The molecule has 0 aromatic heterocycles. The number of esters is 1. The normalized spacial score (nSPS) is 13.9. The Morgan fingerprint density at radius 1 is 0.461 bits per heavy atom. The van der Waals surface area contributed by atoms with Crippen molar-refractivity contribution in [2.45, 2.75) is 322 Å². The molecule has 10 heteroatoms. The van der Waals surface area contributed by atoms with Crippen LogP contribution in [0.3, 0.4) is 0 Å². The summed E-state index contributed by atoms with van der Waals surface area (Å²) in [6.07, 6.45) is 69.6. The largest absolute Gasteiger partial charge is 0.472 e. The quantitative estimate of drug-likeness (QED) is 0.0205. The molecular formula is C66H126N2O7P+. The van der Waals surface area contributed by atoms with E-state index in [1.54, 1.807) is 0 Å². The first-order valence-corrected chi connectivity index (χ1v) is 34.0. The highest BCUT2D eigenvalue weighted by atomic mass is 31.2. The number of carbonyl (C=O) groups excluding carboxylic acids is 2. The smallest absolute Gasteiger partial charge is 0.456 e. The minimum Gasteiger partial charge on any atom is -0.456 e. The summed E-state index contributed by atoms with van der Waals surface area (Å²) >= 11 is 0. The maximum absolute atomic E-state index is 13.6. The fraction of sp³-hybridized carbons (Fsp3) is 0.848. The van der Waals surface area contributed by atoms with Crippen LogP contribution in [0.1, 0.15) is 310 Å². The standard InChI is InChI=1S/C66H125N2O7P/c1-7-10-13-16-19-22-25-28-30-32-33-34-35-37-39-41-44-47-50-53-56-59-66(70)75-64(57-54-51-48-45-42-27-24-21-18-15-12-9-3)63(62-74-76(71,72)73-61-60-68(4,5)6)67-65(69)58-55-52-49-46-43-40-38-36-31-29-26-23-20-17-14-11-8-2/h19,22,28,30,33-34,54,57,63-64H,7-18,20-21,23-27,29,31-32,35-53,55-56,58-62H2,1-6H3,(H-,67,69,71,72)/p+1/b22-19-,30-28-,34-33-,57-54+. The van der Waals surface area contributed by atoms with E-state index < -0.39 is 20.0 Å². The van der Waals surface area contributed by atoms with E-state index in [9.17, 15) is 19.0 Å². The molecule has 0 aromatic rings. The van der Waals surface area contributed by atoms with Crippen LogP contribution in [0.2, 0.25) is 0 Å². The molecule has 0 aliphatic carbocycles. The molecule has 0 heterocycles. The summed E-state index contributed by atoms with van der Waals surface area (Å²) in [7, 11) is 1.50. The van der Waals surface area contributed by atoms with Crippen molar-refractivity contribution in [1.29, 1.82) is 0 Å². The Bertz CT molecular complexity index is 1440. The zero-order valence-corrected chi connectivity index (χ0v) is 51.9. The number of hydrogen-bond acceptors (Lipinski definition) is 6. The second-order valence-corrected chi connectivity index (χ2v) is 24.7. The Kier molecular flexibility index (Phi) is 54.7. The molecule has 76 heavy (non-hydrogen) atoms. The zero-order valence-electron chi connectivity index (χ0n) is 51.0. The summed E-state index contributed by atoms with van der Waals surface area (Å²) in [4.78, 5) is 37.8. The van der Waals surface area contributed by atoms with Gasteiger partial charge in [0.2, 0.25) is 5.91 Å². The minimum atomic E-state index is -4.45. The number of hydrogen-bond donors (Lipinski definition) is 2. The number of nitrogens with zero attached hydrogens (tertiary/aromatic N) is 1. The van der Waals surface area contributed by atoms with Crippen LogP contribution in [-0.4, -0.2) is 74.3 Å². The van der Waals surface area contributed by atoms with Gasteiger partial charge < -0.3 is 19.4 Å². The number of amides is 1. The van der Waals surface area contributed by atoms with Crippen LogP contribution in [-0.2, 0) is 27.9 Å². The van der Waals surface area contributed by atoms with Crippen LogP contribution in [0.15, 0.2) is 48.6 Å². The molecule has 0 saturated carbocycles. The molecule has 0 radical (unpaired) electrons. The molecule has 1 amide bonds. The second kappa shape index (κ2) is 56.3. The number of rotatable bonds is 59. The number of phosphoric acid groups is 1. The minimum absolute atomic E-state index is 0.0403. The van der Waals surface area contributed by atoms with Crippen LogP contribution in [0.25, 0.3) is 0 Å². The van der Waals surface area contributed by atoms with Crippen molar-refractivity contribution in [2.75, 3.05) is 40.9 Å². The van der Waals surface area contributed by atoms with Gasteiger partial charge in [0.1, 0.15) is 19.3 Å². The molecule has 3 atom stereocenters. The highest BCUT2D eigenvalue weighted by molar-refractivity contribution is 7.47. The maximum atomic E-state index is 13.6. The van der Waals surface area contributed by atoms with Crippen molar-refractivity contribution >= 4 is 19.7 Å². The lowest BCUT2D eigenvalue weighted by Crippen LogP contribution is -2.47. The van der Waals surface area contributed by atoms with Gasteiger partial charge >= 0.3 is 13.8 Å². The Labute approximate surface area is 471 Å². The second-order valence-electron chi connectivity index (χ2n) is 23.3. The van der Waals surface area contributed by atoms with Gasteiger partial charge in [-0.05, 0) is 70.3 Å². The van der Waals surface area contributed by atoms with Crippen LogP contribution in [0.5, 0.6) is 0 Å². The monoisotopic (exact) mass is 1090 g/mol. The molecule has 0 aromatic carbocycles. The lowest BCUT2D eigenvalue weighted by atomic mass is 10.0. The topological polar surface area (TPSA) is 111 Å². The lowest BCUT2D eigenvalue weighted by Gasteiger charge is -2.27. The van der Waals surface area contributed by atoms with Gasteiger partial charge in [0.05, 0.1) is 33.8 Å². The predicted octanol–water partition coefficient (Wildman–Crippen LogP) is 20.1. The van der Waals surface area contributed by atoms with Gasteiger partial charge in [-0.1, -0.05) is 275 Å². The van der Waals surface area contributed by atoms with Crippen molar-refractivity contribution in [3.63, 3.8) is 0 Å². The van der Waals surface area contributed by atoms with E-state index in [0.29, 0.717) is 17.4 Å². The lowest BCUT2D eigenvalue weighted by molar-refractivity contribution is -0.870. The Balaban J connectivity index is 5.20. The first-order chi connectivity index (χ1) is 36.9. The number of nitrogens with one attached hydrogen (secondary N) is 1. The van der Waals surface area contributed by atoms with Gasteiger partial charge in [0, 0.05) is 12.8 Å². The SMILES string of the molecule is CCCCC/C=C\C/C=C\C/C=C\CCCCCCCCCCC(=O)OC(/C=C/CCCCCCCCCCCC)C(COP(=O)(O)OCC[N+](C)(C)C)NC(=O)CCCCCCCCCCCCCCCCCCC. The number of unbranched alkanes of at least 4 members (excludes halogenated alkanes) is 37. The molecule has 0 bridgehead atoms. The first-order valence-electron chi connectivity index (χ1n) is 32.5. The summed E-state index contributed by atoms with van der Waals surface area (Å²) in [6.45, 7) is 7.02. The van der Waals surface area contributed by atoms with Gasteiger partial charge in [0.25, 0.3) is 0 Å². The van der Waals surface area contributed by atoms with Crippen molar-refractivity contribution < 1.29 is 37.3 Å². The number of ether oxygens (including phenoxy) is 1. The van der Waals surface area contributed by atoms with E-state index in [1.165, 1.54) is 193 Å². The van der Waals surface area contributed by atoms with Crippen molar-refractivity contribution in [3.05, 3.63) is 48.6 Å². The summed E-state index contributed by atoms with van der Waals surface area (Å²) in [5, 5.41) is 3.06. The predicted molar refractivity (Wildman–Crippen MR) is 328 cm³/mol. The van der Waals surface area contributed by atoms with Gasteiger partial charge in [0.15, 0.2) is 0 Å². The van der Waals surface area contributed by atoms with Gasteiger partial charge in [-0.3, -0.25) is 18.6 Å². The number of carbonyl (C=O) groups is 2. The number of allylic oxidation sites excluding steroid dienone is 7. The number of quaternary nitrogens is 1. The van der Waals surface area contributed by atoms with Crippen molar-refractivity contribution in [2.24, 2.45) is 0 Å². The first kappa shape index (κ1) is 74.0. The average Bonchev–Trinajstić information content (AvgIpc) is 3.38. The molecule has 3 unspecified atom stereocenters. The van der Waals surface area contributed by atoms with Gasteiger partial charge in [-0.25, -0.2) is 4.57 Å². The molecule has 0 rings (SSSR count). The number of phosphoric ester groups is 1. The Morgan fingerprint density at radius 3 is 1.22 bits per heavy atom. The van der Waals surface area contributed by atoms with E-state index in [4.69, 9.17) is 13.8 Å². The summed E-state index contributed by atoms with van der Waals surface area (Å²) in [6, 6.07) is -0.849. The Morgan fingerprint density at radius 2 is 0.803 bits per heavy atom. The zero-order chi connectivity index (χ0) is 55.7. The van der Waals surface area contributed by atoms with E-state index in [1.807, 2.05) is 33.3 Å². The van der Waals surface area contributed by atoms with Crippen molar-refractivity contribution in [3.8, 4) is 0 Å². The van der Waals surface area contributed by atoms with E-state index in [0.717, 1.165) is 83.5 Å². The fourth-order valence-corrected chi connectivity index (χ4v) is 10.2. The molecule has 9 nitrogen and oxygen atoms in total. The highest BCUT2D eigenvalue weighted by Gasteiger charge is 2.30. The van der Waals surface area contributed by atoms with Crippen LogP contribution in [0.4, 0.5) is 0 Å². The van der Waals surface area contributed by atoms with E-state index in [2.05, 4.69) is 62.5 Å². The average molecular weight is 1090 g/mol. The number of likely N-dealkylation sites (N-methyl/N-ethyl adjacent to an activating group) is 1. The fourth-order valence-electron chi connectivity index (χ4n) is 9.48. The molecule has 0 aliphatic heterocycles. The summed E-state index contributed by atoms with van der Waals surface area (Å²) < 4.78 is 30.7. The van der Waals surface area contributed by atoms with Gasteiger partial charge in [-0.2, -0.15) is 0 Å². The van der Waals surface area contributed by atoms with Crippen molar-refractivity contribution in [1.82, 2.24) is 5.32 Å². The molecule has 0 saturated heterocycles. The Hall–Kier alpha value is -2.03. The maximum Gasteiger partial charge on any atom is 0.472 e. The third kappa shape index (κ3) is 56.7. The molecule has 0 fully saturated rings. The van der Waals surface area contributed by atoms with Crippen LogP contribution < -0.4 is 5.32 Å². The third-order valence-electron chi connectivity index (χ3n) is 14.5. The summed E-state index contributed by atoms with van der Waals surface area (Å²) in [5.41, 5.74) is 0. The van der Waals surface area contributed by atoms with E-state index in [-0.39, 0.29) is 31.5 Å².